The van der Waals surface area contributed by atoms with Gasteiger partial charge < -0.3 is 15.2 Å². The molecule has 2 aromatic rings. The molecule has 1 heterocycles. The minimum absolute atomic E-state index is 0.192. The fourth-order valence-corrected chi connectivity index (χ4v) is 2.43. The Kier molecular flexibility index (Phi) is 3.38. The molecule has 3 rings (SSSR count). The molecule has 3 heteroatoms. The molecule has 0 unspecified atom stereocenters. The second-order valence-electron chi connectivity index (χ2n) is 4.60. The van der Waals surface area contributed by atoms with Crippen LogP contribution < -0.4 is 15.2 Å². The molecule has 1 aliphatic rings. The Hall–Kier alpha value is -2.00. The van der Waals surface area contributed by atoms with E-state index >= 15 is 0 Å². The van der Waals surface area contributed by atoms with Gasteiger partial charge in [0.1, 0.15) is 13.2 Å². The lowest BCUT2D eigenvalue weighted by molar-refractivity contribution is 0.171. The first-order valence-corrected chi connectivity index (χ1v) is 6.53. The zero-order valence-corrected chi connectivity index (χ0v) is 10.7. The maximum absolute atomic E-state index is 5.94. The van der Waals surface area contributed by atoms with Crippen LogP contribution in [0.3, 0.4) is 0 Å². The van der Waals surface area contributed by atoms with Crippen LogP contribution in [0.5, 0.6) is 11.5 Å². The van der Waals surface area contributed by atoms with E-state index in [4.69, 9.17) is 15.2 Å². The van der Waals surface area contributed by atoms with Gasteiger partial charge in [-0.2, -0.15) is 0 Å². The van der Waals surface area contributed by atoms with Gasteiger partial charge in [-0.1, -0.05) is 36.4 Å². The minimum atomic E-state index is 0.192. The molecule has 2 N–H and O–H groups in total. The zero-order valence-electron chi connectivity index (χ0n) is 10.7. The molecule has 3 nitrogen and oxygen atoms in total. The molecule has 19 heavy (non-hydrogen) atoms. The fraction of sp³-hybridized carbons (Fsp3) is 0.250. The fourth-order valence-electron chi connectivity index (χ4n) is 2.43. The molecule has 0 bridgehead atoms. The molecule has 1 aliphatic heterocycles. The summed E-state index contributed by atoms with van der Waals surface area (Å²) in [7, 11) is 0. The summed E-state index contributed by atoms with van der Waals surface area (Å²) in [5, 5.41) is 0. The maximum atomic E-state index is 5.94. The number of benzene rings is 2. The van der Waals surface area contributed by atoms with E-state index in [1.807, 2.05) is 30.3 Å². The highest BCUT2D eigenvalue weighted by Crippen LogP contribution is 2.34. The highest BCUT2D eigenvalue weighted by Gasteiger charge is 2.17. The Morgan fingerprint density at radius 1 is 0.895 bits per heavy atom. The molecule has 2 aromatic carbocycles. The van der Waals surface area contributed by atoms with E-state index in [2.05, 4.69) is 18.2 Å². The average molecular weight is 255 g/mol. The molecular weight excluding hydrogens is 238 g/mol. The molecular formula is C16H17NO2. The number of fused-ring (bicyclic) bond motifs is 1. The van der Waals surface area contributed by atoms with Gasteiger partial charge in [-0.3, -0.25) is 0 Å². The smallest absolute Gasteiger partial charge is 0.161 e. The van der Waals surface area contributed by atoms with Crippen LogP contribution in [0.15, 0.2) is 48.5 Å². The lowest BCUT2D eigenvalue weighted by Crippen LogP contribution is -2.17. The van der Waals surface area contributed by atoms with E-state index in [-0.39, 0.29) is 5.92 Å². The number of ether oxygens (including phenoxy) is 2. The monoisotopic (exact) mass is 255 g/mol. The van der Waals surface area contributed by atoms with Crippen molar-refractivity contribution in [1.29, 1.82) is 0 Å². The Morgan fingerprint density at radius 2 is 1.63 bits per heavy atom. The van der Waals surface area contributed by atoms with Gasteiger partial charge in [0, 0.05) is 12.5 Å². The van der Waals surface area contributed by atoms with Crippen molar-refractivity contribution in [2.45, 2.75) is 5.92 Å². The molecule has 0 radical (unpaired) electrons. The Balaban J connectivity index is 1.96. The van der Waals surface area contributed by atoms with E-state index < -0.39 is 0 Å². The van der Waals surface area contributed by atoms with Crippen LogP contribution in [0.25, 0.3) is 0 Å². The summed E-state index contributed by atoms with van der Waals surface area (Å²) in [4.78, 5) is 0. The first kappa shape index (κ1) is 12.1. The number of hydrogen-bond donors (Lipinski definition) is 1. The summed E-state index contributed by atoms with van der Waals surface area (Å²) in [6, 6.07) is 16.4. The van der Waals surface area contributed by atoms with Crippen molar-refractivity contribution in [3.8, 4) is 11.5 Å². The number of hydrogen-bond acceptors (Lipinski definition) is 3. The Morgan fingerprint density at radius 3 is 2.37 bits per heavy atom. The van der Waals surface area contributed by atoms with Crippen LogP contribution in [0.1, 0.15) is 17.0 Å². The van der Waals surface area contributed by atoms with Crippen molar-refractivity contribution >= 4 is 0 Å². The predicted octanol–water partition coefficient (Wildman–Crippen LogP) is 2.55. The summed E-state index contributed by atoms with van der Waals surface area (Å²) in [6.45, 7) is 1.80. The standard InChI is InChI=1S/C16H17NO2/c17-11-14(12-4-2-1-3-5-12)13-6-7-15-16(10-13)19-9-8-18-15/h1-7,10,14H,8-9,11,17H2/t14-/m0/s1. The van der Waals surface area contributed by atoms with Crippen LogP contribution in [0, 0.1) is 0 Å². The molecule has 1 atom stereocenters. The lowest BCUT2D eigenvalue weighted by atomic mass is 9.91. The van der Waals surface area contributed by atoms with Gasteiger partial charge in [0.05, 0.1) is 0 Å². The number of nitrogens with two attached hydrogens (primary N) is 1. The normalized spacial score (nSPS) is 15.0. The second-order valence-corrected chi connectivity index (χ2v) is 4.60. The van der Waals surface area contributed by atoms with E-state index in [1.165, 1.54) is 5.56 Å². The largest absolute Gasteiger partial charge is 0.486 e. The van der Waals surface area contributed by atoms with E-state index in [9.17, 15) is 0 Å². The van der Waals surface area contributed by atoms with E-state index in [0.29, 0.717) is 19.8 Å². The summed E-state index contributed by atoms with van der Waals surface area (Å²) < 4.78 is 11.2. The Bertz CT molecular complexity index is 554. The highest BCUT2D eigenvalue weighted by atomic mass is 16.6. The summed E-state index contributed by atoms with van der Waals surface area (Å²) >= 11 is 0. The van der Waals surface area contributed by atoms with Crippen molar-refractivity contribution in [2.24, 2.45) is 5.73 Å². The van der Waals surface area contributed by atoms with Crippen molar-refractivity contribution < 1.29 is 9.47 Å². The minimum Gasteiger partial charge on any atom is -0.486 e. The van der Waals surface area contributed by atoms with Gasteiger partial charge >= 0.3 is 0 Å². The molecule has 0 amide bonds. The van der Waals surface area contributed by atoms with E-state index in [0.717, 1.165) is 17.1 Å². The number of rotatable bonds is 3. The third-order valence-electron chi connectivity index (χ3n) is 3.41. The molecule has 0 saturated heterocycles. The molecule has 0 saturated carbocycles. The van der Waals surface area contributed by atoms with Gasteiger partial charge in [0.25, 0.3) is 0 Å². The first-order valence-electron chi connectivity index (χ1n) is 6.53. The average Bonchev–Trinajstić information content (AvgIpc) is 2.49. The van der Waals surface area contributed by atoms with Gasteiger partial charge in [-0.25, -0.2) is 0 Å². The molecule has 0 aromatic heterocycles. The lowest BCUT2D eigenvalue weighted by Gasteiger charge is -2.21. The van der Waals surface area contributed by atoms with Gasteiger partial charge in [-0.05, 0) is 23.3 Å². The quantitative estimate of drug-likeness (QED) is 0.916. The molecule has 0 spiro atoms. The van der Waals surface area contributed by atoms with Crippen LogP contribution >= 0.6 is 0 Å². The van der Waals surface area contributed by atoms with Crippen molar-refractivity contribution in [3.05, 3.63) is 59.7 Å². The predicted molar refractivity (Wildman–Crippen MR) is 74.8 cm³/mol. The van der Waals surface area contributed by atoms with Crippen molar-refractivity contribution in [1.82, 2.24) is 0 Å². The third kappa shape index (κ3) is 2.42. The molecule has 0 aliphatic carbocycles. The summed E-state index contributed by atoms with van der Waals surface area (Å²) in [6.07, 6.45) is 0. The van der Waals surface area contributed by atoms with Crippen molar-refractivity contribution in [2.75, 3.05) is 19.8 Å². The summed E-state index contributed by atoms with van der Waals surface area (Å²) in [5.41, 5.74) is 8.33. The maximum Gasteiger partial charge on any atom is 0.161 e. The zero-order chi connectivity index (χ0) is 13.1. The first-order chi connectivity index (χ1) is 9.38. The van der Waals surface area contributed by atoms with Gasteiger partial charge in [0.15, 0.2) is 11.5 Å². The van der Waals surface area contributed by atoms with Crippen molar-refractivity contribution in [3.63, 3.8) is 0 Å². The van der Waals surface area contributed by atoms with Gasteiger partial charge in [-0.15, -0.1) is 0 Å². The van der Waals surface area contributed by atoms with Crippen LogP contribution in [-0.4, -0.2) is 19.8 Å². The Labute approximate surface area is 113 Å². The topological polar surface area (TPSA) is 44.5 Å². The van der Waals surface area contributed by atoms with E-state index in [1.54, 1.807) is 0 Å². The molecule has 0 fully saturated rings. The SMILES string of the molecule is NC[C@@H](c1ccccc1)c1ccc2c(c1)OCCO2. The molecule has 98 valence electrons. The third-order valence-corrected chi connectivity index (χ3v) is 3.41. The van der Waals surface area contributed by atoms with Crippen LogP contribution in [-0.2, 0) is 0 Å². The second kappa shape index (κ2) is 5.33. The highest BCUT2D eigenvalue weighted by molar-refractivity contribution is 5.46. The van der Waals surface area contributed by atoms with Crippen LogP contribution in [0.4, 0.5) is 0 Å². The van der Waals surface area contributed by atoms with Crippen LogP contribution in [0.2, 0.25) is 0 Å². The van der Waals surface area contributed by atoms with Gasteiger partial charge in [0.2, 0.25) is 0 Å². The summed E-state index contributed by atoms with van der Waals surface area (Å²) in [5.74, 6) is 1.83.